The van der Waals surface area contributed by atoms with Gasteiger partial charge in [0, 0.05) is 6.42 Å². The van der Waals surface area contributed by atoms with E-state index >= 15 is 0 Å². The lowest BCUT2D eigenvalue weighted by atomic mass is 9.79. The number of hydrazine groups is 1. The molecule has 2 rings (SSSR count). The molecule has 1 heterocycles. The number of aliphatic carboxylic acids is 1. The van der Waals surface area contributed by atoms with E-state index in [0.717, 1.165) is 0 Å². The lowest BCUT2D eigenvalue weighted by Gasteiger charge is -2.24. The number of carboxylic acids is 1. The largest absolute Gasteiger partial charge is 0.481 e. The molecule has 0 aliphatic carbocycles. The number of carboxylic acid groups (broad SMARTS) is 1. The van der Waals surface area contributed by atoms with Crippen LogP contribution in [0.4, 0.5) is 0 Å². The average Bonchev–Trinajstić information content (AvgIpc) is 3.07. The van der Waals surface area contributed by atoms with Crippen molar-refractivity contribution in [2.24, 2.45) is 0 Å². The Morgan fingerprint density at radius 2 is 1.78 bits per heavy atom. The Kier molecular flexibility index (Phi) is 5.13. The number of amides is 2. The molecular weight excluding hydrogens is 316 g/mol. The number of carbonyl (C=O) groups excluding carboxylic acids is 2. The number of carbonyl (C=O) groups is 3. The van der Waals surface area contributed by atoms with Gasteiger partial charge in [0.25, 0.3) is 5.91 Å². The van der Waals surface area contributed by atoms with Crippen molar-refractivity contribution in [3.8, 4) is 0 Å². The molecule has 0 fully saturated rings. The van der Waals surface area contributed by atoms with Crippen LogP contribution in [-0.4, -0.2) is 22.9 Å². The molecular formula is C16H16N2O4S. The van der Waals surface area contributed by atoms with Crippen molar-refractivity contribution in [2.45, 2.75) is 18.8 Å². The van der Waals surface area contributed by atoms with Crippen molar-refractivity contribution in [3.05, 3.63) is 58.3 Å². The van der Waals surface area contributed by atoms with E-state index in [2.05, 4.69) is 10.9 Å². The second kappa shape index (κ2) is 7.06. The second-order valence-electron chi connectivity index (χ2n) is 5.16. The van der Waals surface area contributed by atoms with Crippen molar-refractivity contribution >= 4 is 29.1 Å². The Bertz CT molecular complexity index is 700. The first-order valence-corrected chi connectivity index (χ1v) is 7.73. The van der Waals surface area contributed by atoms with Gasteiger partial charge in [0.1, 0.15) is 0 Å². The number of benzene rings is 1. The van der Waals surface area contributed by atoms with Crippen LogP contribution in [0.1, 0.15) is 28.6 Å². The Morgan fingerprint density at radius 1 is 1.09 bits per heavy atom. The molecule has 7 heteroatoms. The molecule has 1 atom stereocenters. The van der Waals surface area contributed by atoms with E-state index in [4.69, 9.17) is 0 Å². The molecule has 0 unspecified atom stereocenters. The summed E-state index contributed by atoms with van der Waals surface area (Å²) in [7, 11) is 0. The average molecular weight is 332 g/mol. The van der Waals surface area contributed by atoms with Crippen LogP contribution >= 0.6 is 11.3 Å². The molecule has 120 valence electrons. The van der Waals surface area contributed by atoms with Gasteiger partial charge in [-0.3, -0.25) is 25.2 Å². The van der Waals surface area contributed by atoms with E-state index in [1.54, 1.807) is 47.8 Å². The highest BCUT2D eigenvalue weighted by Crippen LogP contribution is 2.27. The third-order valence-corrected chi connectivity index (χ3v) is 4.33. The molecule has 1 aromatic heterocycles. The highest BCUT2D eigenvalue weighted by molar-refractivity contribution is 7.12. The maximum Gasteiger partial charge on any atom is 0.314 e. The fourth-order valence-corrected chi connectivity index (χ4v) is 2.69. The van der Waals surface area contributed by atoms with Crippen LogP contribution in [0.3, 0.4) is 0 Å². The molecule has 2 aromatic rings. The molecule has 23 heavy (non-hydrogen) atoms. The van der Waals surface area contributed by atoms with Gasteiger partial charge in [0.15, 0.2) is 0 Å². The maximum absolute atomic E-state index is 12.0. The van der Waals surface area contributed by atoms with Crippen molar-refractivity contribution in [1.29, 1.82) is 0 Å². The van der Waals surface area contributed by atoms with Crippen molar-refractivity contribution in [2.75, 3.05) is 0 Å². The van der Waals surface area contributed by atoms with Crippen LogP contribution < -0.4 is 10.9 Å². The maximum atomic E-state index is 12.0. The van der Waals surface area contributed by atoms with Crippen LogP contribution in [-0.2, 0) is 15.0 Å². The molecule has 6 nitrogen and oxygen atoms in total. The summed E-state index contributed by atoms with van der Waals surface area (Å²) in [5.41, 5.74) is 3.68. The van der Waals surface area contributed by atoms with Crippen molar-refractivity contribution in [3.63, 3.8) is 0 Å². The zero-order valence-corrected chi connectivity index (χ0v) is 13.2. The zero-order valence-electron chi connectivity index (χ0n) is 12.4. The van der Waals surface area contributed by atoms with E-state index in [1.165, 1.54) is 18.3 Å². The fourth-order valence-electron chi connectivity index (χ4n) is 2.07. The predicted octanol–water partition coefficient (Wildman–Crippen LogP) is 1.94. The topological polar surface area (TPSA) is 95.5 Å². The smallest absolute Gasteiger partial charge is 0.314 e. The summed E-state index contributed by atoms with van der Waals surface area (Å²) in [6, 6.07) is 11.9. The normalized spacial score (nSPS) is 12.9. The van der Waals surface area contributed by atoms with E-state index in [0.29, 0.717) is 10.4 Å². The molecule has 0 radical (unpaired) electrons. The van der Waals surface area contributed by atoms with Crippen molar-refractivity contribution in [1.82, 2.24) is 10.9 Å². The minimum Gasteiger partial charge on any atom is -0.481 e. The molecule has 0 aliphatic rings. The number of nitrogens with one attached hydrogen (secondary N) is 2. The van der Waals surface area contributed by atoms with Crippen LogP contribution in [0, 0.1) is 0 Å². The van der Waals surface area contributed by atoms with Gasteiger partial charge in [-0.1, -0.05) is 36.4 Å². The number of rotatable bonds is 5. The first-order chi connectivity index (χ1) is 10.9. The summed E-state index contributed by atoms with van der Waals surface area (Å²) >= 11 is 1.24. The standard InChI is InChI=1S/C16H16N2O4S/c1-16(15(21)22,11-6-3-2-4-7-11)10-13(19)17-18-14(20)12-8-5-9-23-12/h2-9H,10H2,1H3,(H,17,19)(H,18,20)(H,21,22)/t16-/m0/s1. The first kappa shape index (κ1) is 16.7. The van der Waals surface area contributed by atoms with Crippen LogP contribution in [0.5, 0.6) is 0 Å². The minimum absolute atomic E-state index is 0.295. The van der Waals surface area contributed by atoms with Gasteiger partial charge in [0.2, 0.25) is 5.91 Å². The summed E-state index contributed by atoms with van der Waals surface area (Å²) in [5, 5.41) is 11.2. The van der Waals surface area contributed by atoms with Gasteiger partial charge in [-0.25, -0.2) is 0 Å². The quantitative estimate of drug-likeness (QED) is 0.729. The fraction of sp³-hybridized carbons (Fsp3) is 0.188. The van der Waals surface area contributed by atoms with E-state index in [-0.39, 0.29) is 6.42 Å². The Labute approximate surface area is 137 Å². The van der Waals surface area contributed by atoms with Gasteiger partial charge in [-0.05, 0) is 23.9 Å². The molecule has 0 saturated heterocycles. The Hall–Kier alpha value is -2.67. The lowest BCUT2D eigenvalue weighted by molar-refractivity contribution is -0.145. The van der Waals surface area contributed by atoms with Crippen molar-refractivity contribution < 1.29 is 19.5 Å². The van der Waals surface area contributed by atoms with Crippen LogP contribution in [0.2, 0.25) is 0 Å². The zero-order chi connectivity index (χ0) is 16.9. The van der Waals surface area contributed by atoms with Gasteiger partial charge < -0.3 is 5.11 Å². The molecule has 1 aromatic carbocycles. The number of hydrogen-bond acceptors (Lipinski definition) is 4. The van der Waals surface area contributed by atoms with Gasteiger partial charge in [0.05, 0.1) is 10.3 Å². The highest BCUT2D eigenvalue weighted by Gasteiger charge is 2.37. The Morgan fingerprint density at radius 3 is 2.35 bits per heavy atom. The third kappa shape index (κ3) is 3.95. The molecule has 0 aliphatic heterocycles. The van der Waals surface area contributed by atoms with Crippen LogP contribution in [0.25, 0.3) is 0 Å². The molecule has 0 bridgehead atoms. The van der Waals surface area contributed by atoms with E-state index in [9.17, 15) is 19.5 Å². The SMILES string of the molecule is C[C@@](CC(=O)NNC(=O)c1cccs1)(C(=O)O)c1ccccc1. The van der Waals surface area contributed by atoms with Gasteiger partial charge in [-0.15, -0.1) is 11.3 Å². The third-order valence-electron chi connectivity index (χ3n) is 3.46. The van der Waals surface area contributed by atoms with E-state index < -0.39 is 23.2 Å². The lowest BCUT2D eigenvalue weighted by Crippen LogP contribution is -2.45. The summed E-state index contributed by atoms with van der Waals surface area (Å²) in [5.74, 6) is -2.13. The first-order valence-electron chi connectivity index (χ1n) is 6.85. The van der Waals surface area contributed by atoms with Gasteiger partial charge >= 0.3 is 5.97 Å². The highest BCUT2D eigenvalue weighted by atomic mass is 32.1. The van der Waals surface area contributed by atoms with E-state index in [1.807, 2.05) is 0 Å². The Balaban J connectivity index is 2.02. The number of hydrogen-bond donors (Lipinski definition) is 3. The summed E-state index contributed by atoms with van der Waals surface area (Å²) < 4.78 is 0. The predicted molar refractivity (Wildman–Crippen MR) is 86.0 cm³/mol. The van der Waals surface area contributed by atoms with Crippen LogP contribution in [0.15, 0.2) is 47.8 Å². The molecule has 0 spiro atoms. The minimum atomic E-state index is -1.38. The summed E-state index contributed by atoms with van der Waals surface area (Å²) in [4.78, 5) is 35.8. The summed E-state index contributed by atoms with van der Waals surface area (Å²) in [6.45, 7) is 1.48. The monoisotopic (exact) mass is 332 g/mol. The summed E-state index contributed by atoms with van der Waals surface area (Å²) in [6.07, 6.45) is -0.295. The van der Waals surface area contributed by atoms with Gasteiger partial charge in [-0.2, -0.15) is 0 Å². The molecule has 2 amide bonds. The second-order valence-corrected chi connectivity index (χ2v) is 6.11. The molecule has 3 N–H and O–H groups in total. The number of thiophene rings is 1. The molecule has 0 saturated carbocycles.